The molecule has 30 heavy (non-hydrogen) atoms. The summed E-state index contributed by atoms with van der Waals surface area (Å²) in [5.74, 6) is 0.312. The first kappa shape index (κ1) is 21.7. The molecule has 0 saturated heterocycles. The molecule has 0 spiro atoms. The molecule has 0 unspecified atom stereocenters. The van der Waals surface area contributed by atoms with Crippen LogP contribution >= 0.6 is 11.6 Å². The van der Waals surface area contributed by atoms with Crippen LogP contribution < -0.4 is 16.6 Å². The number of nitrogens with one attached hydrogen (secondary N) is 1. The maximum absolute atomic E-state index is 12.8. The van der Waals surface area contributed by atoms with Gasteiger partial charge in [0.15, 0.2) is 5.89 Å². The summed E-state index contributed by atoms with van der Waals surface area (Å²) in [4.78, 5) is 29.5. The summed E-state index contributed by atoms with van der Waals surface area (Å²) >= 11 is 6.04. The minimum atomic E-state index is -0.282. The highest BCUT2D eigenvalue weighted by Gasteiger charge is 2.14. The molecular formula is C21H24ClN5O3. The van der Waals surface area contributed by atoms with Gasteiger partial charge in [0.2, 0.25) is 5.91 Å². The highest BCUT2D eigenvalue weighted by atomic mass is 35.5. The fourth-order valence-electron chi connectivity index (χ4n) is 3.10. The van der Waals surface area contributed by atoms with Crippen LogP contribution in [0.25, 0.3) is 0 Å². The van der Waals surface area contributed by atoms with Crippen LogP contribution in [0.3, 0.4) is 0 Å². The summed E-state index contributed by atoms with van der Waals surface area (Å²) in [5.41, 5.74) is 9.06. The van der Waals surface area contributed by atoms with Gasteiger partial charge in [-0.25, -0.2) is 9.67 Å². The second-order valence-electron chi connectivity index (χ2n) is 7.01. The van der Waals surface area contributed by atoms with E-state index in [2.05, 4.69) is 15.4 Å². The molecule has 0 atom stereocenters. The van der Waals surface area contributed by atoms with E-state index in [-0.39, 0.29) is 24.4 Å². The smallest absolute Gasteiger partial charge is 0.270 e. The summed E-state index contributed by atoms with van der Waals surface area (Å²) in [7, 11) is 0. The standard InChI is InChI=1S/C21H24ClN5O3/c1-13-10-25-27(6-5-18-12-30-14(2)26-18)21(29)19(13)8-20(28)24-11-16-7-17(22)4-3-15(16)9-23/h3-4,7,10,12H,5-6,8-9,11,23H2,1-2H3,(H,24,28). The van der Waals surface area contributed by atoms with Crippen molar-refractivity contribution in [1.29, 1.82) is 0 Å². The van der Waals surface area contributed by atoms with Gasteiger partial charge in [-0.05, 0) is 35.7 Å². The summed E-state index contributed by atoms with van der Waals surface area (Å²) in [6, 6.07) is 5.38. The van der Waals surface area contributed by atoms with E-state index >= 15 is 0 Å². The Morgan fingerprint density at radius 1 is 1.30 bits per heavy atom. The third-order valence-electron chi connectivity index (χ3n) is 4.81. The Kier molecular flexibility index (Phi) is 7.02. The van der Waals surface area contributed by atoms with Crippen molar-refractivity contribution in [1.82, 2.24) is 20.1 Å². The number of benzene rings is 1. The fourth-order valence-corrected chi connectivity index (χ4v) is 3.30. The molecule has 0 aliphatic heterocycles. The van der Waals surface area contributed by atoms with Gasteiger partial charge in [0.1, 0.15) is 6.26 Å². The molecule has 3 rings (SSSR count). The minimum absolute atomic E-state index is 0.0330. The van der Waals surface area contributed by atoms with E-state index in [0.29, 0.717) is 41.6 Å². The quantitative estimate of drug-likeness (QED) is 0.566. The van der Waals surface area contributed by atoms with E-state index in [0.717, 1.165) is 16.8 Å². The van der Waals surface area contributed by atoms with Crippen LogP contribution in [0.5, 0.6) is 0 Å². The number of amides is 1. The second-order valence-corrected chi connectivity index (χ2v) is 7.45. The van der Waals surface area contributed by atoms with Crippen molar-refractivity contribution in [3.63, 3.8) is 0 Å². The highest BCUT2D eigenvalue weighted by Crippen LogP contribution is 2.16. The summed E-state index contributed by atoms with van der Waals surface area (Å²) in [6.45, 7) is 4.52. The number of rotatable bonds is 8. The lowest BCUT2D eigenvalue weighted by Gasteiger charge is -2.12. The monoisotopic (exact) mass is 429 g/mol. The predicted octanol–water partition coefficient (Wildman–Crippen LogP) is 2.06. The SMILES string of the molecule is Cc1nc(CCn2ncc(C)c(CC(=O)NCc3cc(Cl)ccc3CN)c2=O)co1. The molecule has 0 fully saturated rings. The Hall–Kier alpha value is -2.97. The van der Waals surface area contributed by atoms with Crippen molar-refractivity contribution < 1.29 is 9.21 Å². The van der Waals surface area contributed by atoms with Crippen molar-refractivity contribution in [2.45, 2.75) is 46.3 Å². The van der Waals surface area contributed by atoms with Crippen LogP contribution in [0.1, 0.15) is 33.8 Å². The number of nitrogens with zero attached hydrogens (tertiary/aromatic N) is 3. The largest absolute Gasteiger partial charge is 0.449 e. The number of hydrogen-bond donors (Lipinski definition) is 2. The average Bonchev–Trinajstić information content (AvgIpc) is 3.14. The Balaban J connectivity index is 1.67. The average molecular weight is 430 g/mol. The zero-order chi connectivity index (χ0) is 21.7. The number of aromatic nitrogens is 3. The van der Waals surface area contributed by atoms with Gasteiger partial charge in [-0.1, -0.05) is 17.7 Å². The normalized spacial score (nSPS) is 10.9. The third kappa shape index (κ3) is 5.34. The van der Waals surface area contributed by atoms with Gasteiger partial charge in [0.05, 0.1) is 24.9 Å². The van der Waals surface area contributed by atoms with Crippen molar-refractivity contribution in [2.24, 2.45) is 5.73 Å². The number of aryl methyl sites for hydroxylation is 4. The Morgan fingerprint density at radius 2 is 2.10 bits per heavy atom. The molecule has 2 aromatic heterocycles. The van der Waals surface area contributed by atoms with Crippen LogP contribution in [0, 0.1) is 13.8 Å². The maximum Gasteiger partial charge on any atom is 0.270 e. The lowest BCUT2D eigenvalue weighted by molar-refractivity contribution is -0.120. The summed E-state index contributed by atoms with van der Waals surface area (Å²) < 4.78 is 6.53. The molecule has 0 saturated carbocycles. The van der Waals surface area contributed by atoms with Crippen LogP contribution in [0.2, 0.25) is 5.02 Å². The van der Waals surface area contributed by atoms with Crippen molar-refractivity contribution >= 4 is 17.5 Å². The van der Waals surface area contributed by atoms with Gasteiger partial charge in [-0.2, -0.15) is 5.10 Å². The van der Waals surface area contributed by atoms with E-state index in [9.17, 15) is 9.59 Å². The summed E-state index contributed by atoms with van der Waals surface area (Å²) in [6.07, 6.45) is 3.64. The lowest BCUT2D eigenvalue weighted by atomic mass is 10.1. The number of carbonyl (C=O) groups is 1. The molecule has 1 amide bonds. The van der Waals surface area contributed by atoms with E-state index in [1.807, 2.05) is 6.07 Å². The number of carbonyl (C=O) groups excluding carboxylic acids is 1. The van der Waals surface area contributed by atoms with E-state index in [1.165, 1.54) is 4.68 Å². The first-order valence-electron chi connectivity index (χ1n) is 9.58. The Morgan fingerprint density at radius 3 is 2.80 bits per heavy atom. The molecule has 1 aromatic carbocycles. The maximum atomic E-state index is 12.8. The molecule has 0 radical (unpaired) electrons. The number of nitrogens with two attached hydrogens (primary N) is 1. The molecule has 9 heteroatoms. The van der Waals surface area contributed by atoms with Gasteiger partial charge in [0.25, 0.3) is 5.56 Å². The molecule has 0 bridgehead atoms. The van der Waals surface area contributed by atoms with Crippen LogP contribution in [0.4, 0.5) is 0 Å². The molecule has 158 valence electrons. The van der Waals surface area contributed by atoms with Gasteiger partial charge in [-0.15, -0.1) is 0 Å². The van der Waals surface area contributed by atoms with Gasteiger partial charge < -0.3 is 15.5 Å². The minimum Gasteiger partial charge on any atom is -0.449 e. The molecular weight excluding hydrogens is 406 g/mol. The highest BCUT2D eigenvalue weighted by molar-refractivity contribution is 6.30. The predicted molar refractivity (Wildman–Crippen MR) is 113 cm³/mol. The molecule has 3 N–H and O–H groups in total. The molecule has 8 nitrogen and oxygen atoms in total. The first-order chi connectivity index (χ1) is 14.4. The van der Waals surface area contributed by atoms with Crippen LogP contribution in [-0.4, -0.2) is 20.7 Å². The van der Waals surface area contributed by atoms with E-state index in [4.69, 9.17) is 21.8 Å². The topological polar surface area (TPSA) is 116 Å². The first-order valence-corrected chi connectivity index (χ1v) is 9.96. The van der Waals surface area contributed by atoms with Crippen molar-refractivity contribution in [2.75, 3.05) is 0 Å². The number of hydrogen-bond acceptors (Lipinski definition) is 6. The molecule has 0 aliphatic carbocycles. The lowest BCUT2D eigenvalue weighted by Crippen LogP contribution is -2.32. The van der Waals surface area contributed by atoms with Gasteiger partial charge in [0, 0.05) is 37.0 Å². The number of halogens is 1. The molecule has 3 aromatic rings. The van der Waals surface area contributed by atoms with Gasteiger partial charge in [-0.3, -0.25) is 9.59 Å². The van der Waals surface area contributed by atoms with Crippen LogP contribution in [0.15, 0.2) is 39.9 Å². The van der Waals surface area contributed by atoms with E-state index in [1.54, 1.807) is 38.4 Å². The molecule has 2 heterocycles. The zero-order valence-corrected chi connectivity index (χ0v) is 17.7. The Labute approximate surface area is 179 Å². The Bertz CT molecular complexity index is 1110. The van der Waals surface area contributed by atoms with Crippen molar-refractivity contribution in [3.05, 3.63) is 79.9 Å². The third-order valence-corrected chi connectivity index (χ3v) is 5.04. The van der Waals surface area contributed by atoms with Gasteiger partial charge >= 0.3 is 0 Å². The zero-order valence-electron chi connectivity index (χ0n) is 16.9. The fraction of sp³-hybridized carbons (Fsp3) is 0.333. The van der Waals surface area contributed by atoms with Crippen LogP contribution in [-0.2, 0) is 37.3 Å². The number of oxazole rings is 1. The molecule has 0 aliphatic rings. The second kappa shape index (κ2) is 9.69. The van der Waals surface area contributed by atoms with Crippen molar-refractivity contribution in [3.8, 4) is 0 Å². The summed E-state index contributed by atoms with van der Waals surface area (Å²) in [5, 5.41) is 7.59. The van der Waals surface area contributed by atoms with E-state index < -0.39 is 0 Å².